The van der Waals surface area contributed by atoms with Crippen molar-refractivity contribution in [1.82, 2.24) is 5.32 Å². The van der Waals surface area contributed by atoms with Crippen LogP contribution in [0.2, 0.25) is 0 Å². The van der Waals surface area contributed by atoms with Gasteiger partial charge in [-0.05, 0) is 35.9 Å². The maximum atomic E-state index is 6.00. The zero-order chi connectivity index (χ0) is 10.3. The molecule has 0 saturated heterocycles. The lowest BCUT2D eigenvalue weighted by molar-refractivity contribution is 0.692. The smallest absolute Gasteiger partial charge is 0.0405 e. The van der Waals surface area contributed by atoms with Gasteiger partial charge in [0.1, 0.15) is 0 Å². The van der Waals surface area contributed by atoms with Crippen LogP contribution < -0.4 is 11.1 Å². The number of hydrogen-bond donors (Lipinski definition) is 2. The van der Waals surface area contributed by atoms with Crippen LogP contribution in [-0.4, -0.2) is 6.04 Å². The van der Waals surface area contributed by atoms with Crippen LogP contribution in [0.15, 0.2) is 23.6 Å². The van der Waals surface area contributed by atoms with Gasteiger partial charge in [0, 0.05) is 28.4 Å². The summed E-state index contributed by atoms with van der Waals surface area (Å²) in [6.45, 7) is 0.957. The molecule has 2 nitrogen and oxygen atoms in total. The standard InChI is InChI=1S/C12H14N2S/c13-10-2-1-3-11-12(10)8(7-15-11)6-14-9-4-5-9/h1-3,7,9,14H,4-6,13H2. The molecule has 1 fully saturated rings. The Labute approximate surface area is 93.1 Å². The first kappa shape index (κ1) is 9.19. The van der Waals surface area contributed by atoms with E-state index >= 15 is 0 Å². The summed E-state index contributed by atoms with van der Waals surface area (Å²) in [7, 11) is 0. The second kappa shape index (κ2) is 3.51. The first-order chi connectivity index (χ1) is 7.34. The number of fused-ring (bicyclic) bond motifs is 1. The van der Waals surface area contributed by atoms with Gasteiger partial charge in [-0.3, -0.25) is 0 Å². The molecule has 1 aromatic heterocycles. The average Bonchev–Trinajstić information content (AvgIpc) is 2.96. The summed E-state index contributed by atoms with van der Waals surface area (Å²) in [5.41, 5.74) is 8.25. The van der Waals surface area contributed by atoms with Gasteiger partial charge in [-0.25, -0.2) is 0 Å². The fourth-order valence-electron chi connectivity index (χ4n) is 1.86. The van der Waals surface area contributed by atoms with Gasteiger partial charge < -0.3 is 11.1 Å². The summed E-state index contributed by atoms with van der Waals surface area (Å²) in [6.07, 6.45) is 2.66. The van der Waals surface area contributed by atoms with E-state index in [1.807, 2.05) is 12.1 Å². The molecule has 1 aromatic carbocycles. The molecule has 0 atom stereocenters. The quantitative estimate of drug-likeness (QED) is 0.777. The molecule has 3 heteroatoms. The summed E-state index contributed by atoms with van der Waals surface area (Å²) in [4.78, 5) is 0. The summed E-state index contributed by atoms with van der Waals surface area (Å²) < 4.78 is 1.29. The van der Waals surface area contributed by atoms with Crippen LogP contribution in [0.3, 0.4) is 0 Å². The predicted octanol–water partition coefficient (Wildman–Crippen LogP) is 2.74. The molecule has 0 radical (unpaired) electrons. The Balaban J connectivity index is 1.94. The maximum Gasteiger partial charge on any atom is 0.0405 e. The van der Waals surface area contributed by atoms with Crippen LogP contribution in [-0.2, 0) is 6.54 Å². The van der Waals surface area contributed by atoms with Crippen LogP contribution >= 0.6 is 11.3 Å². The number of anilines is 1. The third-order valence-corrected chi connectivity index (χ3v) is 3.86. The lowest BCUT2D eigenvalue weighted by atomic mass is 10.1. The summed E-state index contributed by atoms with van der Waals surface area (Å²) in [5.74, 6) is 0. The van der Waals surface area contributed by atoms with E-state index in [0.29, 0.717) is 0 Å². The zero-order valence-electron chi connectivity index (χ0n) is 8.49. The van der Waals surface area contributed by atoms with Crippen molar-refractivity contribution in [2.45, 2.75) is 25.4 Å². The normalized spacial score (nSPS) is 16.0. The number of hydrogen-bond acceptors (Lipinski definition) is 3. The summed E-state index contributed by atoms with van der Waals surface area (Å²) in [5, 5.41) is 6.99. The van der Waals surface area contributed by atoms with E-state index in [-0.39, 0.29) is 0 Å². The van der Waals surface area contributed by atoms with E-state index in [0.717, 1.165) is 18.3 Å². The van der Waals surface area contributed by atoms with Crippen molar-refractivity contribution < 1.29 is 0 Å². The van der Waals surface area contributed by atoms with E-state index in [9.17, 15) is 0 Å². The number of thiophene rings is 1. The largest absolute Gasteiger partial charge is 0.398 e. The van der Waals surface area contributed by atoms with E-state index in [1.165, 1.54) is 28.5 Å². The van der Waals surface area contributed by atoms with Crippen LogP contribution in [0.4, 0.5) is 5.69 Å². The van der Waals surface area contributed by atoms with Crippen LogP contribution in [0.5, 0.6) is 0 Å². The number of benzene rings is 1. The van der Waals surface area contributed by atoms with Crippen molar-refractivity contribution in [2.75, 3.05) is 5.73 Å². The molecule has 1 aliphatic rings. The molecule has 0 unspecified atom stereocenters. The van der Waals surface area contributed by atoms with Crippen LogP contribution in [0.1, 0.15) is 18.4 Å². The first-order valence-corrected chi connectivity index (χ1v) is 6.20. The Morgan fingerprint density at radius 2 is 2.27 bits per heavy atom. The molecule has 3 N–H and O–H groups in total. The Bertz CT molecular complexity index is 485. The van der Waals surface area contributed by atoms with Crippen molar-refractivity contribution in [3.05, 3.63) is 29.1 Å². The Hall–Kier alpha value is -1.06. The first-order valence-electron chi connectivity index (χ1n) is 5.32. The summed E-state index contributed by atoms with van der Waals surface area (Å²) in [6, 6.07) is 6.89. The lowest BCUT2D eigenvalue weighted by Gasteiger charge is -2.03. The zero-order valence-corrected chi connectivity index (χ0v) is 9.31. The highest BCUT2D eigenvalue weighted by Crippen LogP contribution is 2.31. The van der Waals surface area contributed by atoms with Crippen molar-refractivity contribution in [1.29, 1.82) is 0 Å². The van der Waals surface area contributed by atoms with Gasteiger partial charge in [0.15, 0.2) is 0 Å². The molecule has 1 saturated carbocycles. The van der Waals surface area contributed by atoms with Gasteiger partial charge >= 0.3 is 0 Å². The number of nitrogens with two attached hydrogens (primary N) is 1. The van der Waals surface area contributed by atoms with Crippen LogP contribution in [0.25, 0.3) is 10.1 Å². The molecule has 0 spiro atoms. The highest BCUT2D eigenvalue weighted by molar-refractivity contribution is 7.17. The summed E-state index contributed by atoms with van der Waals surface area (Å²) >= 11 is 1.78. The second-order valence-electron chi connectivity index (χ2n) is 4.14. The molecule has 0 bridgehead atoms. The molecule has 1 heterocycles. The minimum absolute atomic E-state index is 0.755. The molecule has 78 valence electrons. The fourth-order valence-corrected chi connectivity index (χ4v) is 2.85. The monoisotopic (exact) mass is 218 g/mol. The molecular weight excluding hydrogens is 204 g/mol. The average molecular weight is 218 g/mol. The molecule has 1 aliphatic carbocycles. The molecular formula is C12H14N2S. The molecule has 0 aliphatic heterocycles. The van der Waals surface area contributed by atoms with Gasteiger partial charge in [-0.2, -0.15) is 0 Å². The third-order valence-electron chi connectivity index (χ3n) is 2.87. The molecule has 3 rings (SSSR count). The lowest BCUT2D eigenvalue weighted by Crippen LogP contribution is -2.14. The van der Waals surface area contributed by atoms with Crippen molar-refractivity contribution in [3.63, 3.8) is 0 Å². The third kappa shape index (κ3) is 1.73. The highest BCUT2D eigenvalue weighted by atomic mass is 32.1. The SMILES string of the molecule is Nc1cccc2scc(CNC3CC3)c12. The fraction of sp³-hybridized carbons (Fsp3) is 0.333. The maximum absolute atomic E-state index is 6.00. The van der Waals surface area contributed by atoms with E-state index in [4.69, 9.17) is 5.73 Å². The topological polar surface area (TPSA) is 38.0 Å². The Kier molecular flexibility index (Phi) is 2.15. The van der Waals surface area contributed by atoms with E-state index in [1.54, 1.807) is 11.3 Å². The molecule has 2 aromatic rings. The predicted molar refractivity (Wildman–Crippen MR) is 66.1 cm³/mol. The number of nitrogens with one attached hydrogen (secondary N) is 1. The number of rotatable bonds is 3. The van der Waals surface area contributed by atoms with Gasteiger partial charge in [0.25, 0.3) is 0 Å². The Morgan fingerprint density at radius 3 is 3.07 bits per heavy atom. The second-order valence-corrected chi connectivity index (χ2v) is 5.05. The van der Waals surface area contributed by atoms with Gasteiger partial charge in [-0.1, -0.05) is 6.07 Å². The minimum atomic E-state index is 0.755. The minimum Gasteiger partial charge on any atom is -0.398 e. The Morgan fingerprint density at radius 1 is 1.40 bits per heavy atom. The molecule has 0 amide bonds. The van der Waals surface area contributed by atoms with Crippen LogP contribution in [0, 0.1) is 0 Å². The van der Waals surface area contributed by atoms with Gasteiger partial charge in [0.2, 0.25) is 0 Å². The molecule has 15 heavy (non-hydrogen) atoms. The number of nitrogen functional groups attached to an aromatic ring is 1. The van der Waals surface area contributed by atoms with Crippen molar-refractivity contribution in [2.24, 2.45) is 0 Å². The van der Waals surface area contributed by atoms with Crippen molar-refractivity contribution >= 4 is 27.1 Å². The highest BCUT2D eigenvalue weighted by Gasteiger charge is 2.20. The van der Waals surface area contributed by atoms with E-state index < -0.39 is 0 Å². The van der Waals surface area contributed by atoms with Gasteiger partial charge in [0.05, 0.1) is 0 Å². The van der Waals surface area contributed by atoms with E-state index in [2.05, 4.69) is 16.8 Å². The van der Waals surface area contributed by atoms with Gasteiger partial charge in [-0.15, -0.1) is 11.3 Å². The van der Waals surface area contributed by atoms with Crippen molar-refractivity contribution in [3.8, 4) is 0 Å².